The first-order valence-electron chi connectivity index (χ1n) is 4.30. The number of nitrogens with two attached hydrogens (primary N) is 1. The second kappa shape index (κ2) is 1.58. The smallest absolute Gasteiger partial charge is 0.0130 e. The lowest BCUT2D eigenvalue weighted by atomic mass is 10.1. The maximum absolute atomic E-state index is 5.95. The molecule has 2 aliphatic carbocycles. The van der Waals surface area contributed by atoms with Gasteiger partial charge < -0.3 is 5.73 Å². The Bertz CT molecular complexity index is 162. The summed E-state index contributed by atoms with van der Waals surface area (Å²) in [4.78, 5) is 0. The molecule has 0 aromatic rings. The van der Waals surface area contributed by atoms with Crippen molar-refractivity contribution in [3.8, 4) is 0 Å². The molecule has 0 saturated heterocycles. The van der Waals surface area contributed by atoms with E-state index in [4.69, 9.17) is 5.73 Å². The van der Waals surface area contributed by atoms with Crippen LogP contribution in [0.3, 0.4) is 0 Å². The molecule has 0 bridgehead atoms. The summed E-state index contributed by atoms with van der Waals surface area (Å²) in [5.74, 6) is 2.80. The highest BCUT2D eigenvalue weighted by molar-refractivity contribution is 5.15. The first-order chi connectivity index (χ1) is 4.55. The van der Waals surface area contributed by atoms with E-state index in [0.717, 1.165) is 17.8 Å². The molecule has 2 N–H and O–H groups in total. The van der Waals surface area contributed by atoms with E-state index >= 15 is 0 Å². The number of hydrogen-bond donors (Lipinski definition) is 1. The normalized spacial score (nSPS) is 56.4. The minimum absolute atomic E-state index is 0.468. The maximum atomic E-state index is 5.95. The molecule has 4 atom stereocenters. The van der Waals surface area contributed by atoms with Gasteiger partial charge in [0.2, 0.25) is 0 Å². The number of rotatable bonds is 1. The van der Waals surface area contributed by atoms with Gasteiger partial charge in [0.25, 0.3) is 0 Å². The van der Waals surface area contributed by atoms with Crippen molar-refractivity contribution in [1.82, 2.24) is 0 Å². The topological polar surface area (TPSA) is 26.0 Å². The zero-order valence-electron chi connectivity index (χ0n) is 7.09. The summed E-state index contributed by atoms with van der Waals surface area (Å²) in [6.07, 6.45) is 1.43. The molecule has 0 aromatic carbocycles. The molecule has 0 radical (unpaired) electrons. The summed E-state index contributed by atoms with van der Waals surface area (Å²) >= 11 is 0. The molecule has 2 aliphatic rings. The molecule has 10 heavy (non-hydrogen) atoms. The lowest BCUT2D eigenvalue weighted by Crippen LogP contribution is -2.06. The van der Waals surface area contributed by atoms with Crippen LogP contribution in [0.15, 0.2) is 0 Å². The van der Waals surface area contributed by atoms with E-state index in [1.165, 1.54) is 6.42 Å². The molecule has 1 nitrogen and oxygen atoms in total. The lowest BCUT2D eigenvalue weighted by molar-refractivity contribution is 0.500. The third-order valence-corrected chi connectivity index (χ3v) is 3.63. The van der Waals surface area contributed by atoms with E-state index in [1.54, 1.807) is 0 Å². The minimum atomic E-state index is 0.468. The second-order valence-electron chi connectivity index (χ2n) is 4.75. The van der Waals surface area contributed by atoms with Crippen LogP contribution in [-0.4, -0.2) is 6.04 Å². The predicted molar refractivity (Wildman–Crippen MR) is 42.5 cm³/mol. The van der Waals surface area contributed by atoms with Crippen molar-refractivity contribution in [3.05, 3.63) is 0 Å². The highest BCUT2D eigenvalue weighted by Crippen LogP contribution is 2.63. The molecular formula is C9H17N. The molecule has 0 aliphatic heterocycles. The van der Waals surface area contributed by atoms with Gasteiger partial charge in [-0.1, -0.05) is 20.8 Å². The molecule has 0 spiro atoms. The van der Waals surface area contributed by atoms with Crippen LogP contribution in [0.25, 0.3) is 0 Å². The van der Waals surface area contributed by atoms with Crippen molar-refractivity contribution in [2.45, 2.75) is 33.2 Å². The summed E-state index contributed by atoms with van der Waals surface area (Å²) in [6, 6.07) is 0.502. The standard InChI is InChI=1S/C9H17N/c1-5-4-6(5)7-8(10)9(7,2)3/h5-8H,4,10H2,1-3H3/t5?,6?,7-,8-/m0/s1. The summed E-state index contributed by atoms with van der Waals surface area (Å²) < 4.78 is 0. The third kappa shape index (κ3) is 0.672. The van der Waals surface area contributed by atoms with Gasteiger partial charge in [0.1, 0.15) is 0 Å². The first kappa shape index (κ1) is 6.66. The summed E-state index contributed by atoms with van der Waals surface area (Å²) in [7, 11) is 0. The fourth-order valence-electron chi connectivity index (χ4n) is 2.39. The van der Waals surface area contributed by atoms with Crippen molar-refractivity contribution < 1.29 is 0 Å². The molecule has 1 heteroatoms. The van der Waals surface area contributed by atoms with E-state index < -0.39 is 0 Å². The third-order valence-electron chi connectivity index (χ3n) is 3.63. The Labute approximate surface area is 63.0 Å². The fraction of sp³-hybridized carbons (Fsp3) is 1.00. The van der Waals surface area contributed by atoms with Gasteiger partial charge in [-0.05, 0) is 29.6 Å². The van der Waals surface area contributed by atoms with Crippen LogP contribution in [0.5, 0.6) is 0 Å². The molecular weight excluding hydrogens is 122 g/mol. The van der Waals surface area contributed by atoms with Crippen molar-refractivity contribution in [3.63, 3.8) is 0 Å². The SMILES string of the molecule is CC1CC1[C@H]1[C@H](N)C1(C)C. The van der Waals surface area contributed by atoms with Crippen molar-refractivity contribution in [2.75, 3.05) is 0 Å². The largest absolute Gasteiger partial charge is 0.327 e. The van der Waals surface area contributed by atoms with Crippen molar-refractivity contribution >= 4 is 0 Å². The van der Waals surface area contributed by atoms with E-state index in [1.807, 2.05) is 0 Å². The average Bonchev–Trinajstić information content (AvgIpc) is 2.56. The highest BCUT2D eigenvalue weighted by Gasteiger charge is 2.63. The van der Waals surface area contributed by atoms with Crippen LogP contribution in [-0.2, 0) is 0 Å². The van der Waals surface area contributed by atoms with Gasteiger partial charge in [-0.15, -0.1) is 0 Å². The summed E-state index contributed by atoms with van der Waals surface area (Å²) in [6.45, 7) is 6.94. The van der Waals surface area contributed by atoms with Crippen LogP contribution in [0.1, 0.15) is 27.2 Å². The van der Waals surface area contributed by atoms with Crippen LogP contribution < -0.4 is 5.73 Å². The maximum Gasteiger partial charge on any atom is 0.0130 e. The molecule has 2 unspecified atom stereocenters. The van der Waals surface area contributed by atoms with Gasteiger partial charge in [-0.2, -0.15) is 0 Å². The minimum Gasteiger partial charge on any atom is -0.327 e. The Hall–Kier alpha value is -0.0400. The molecule has 2 saturated carbocycles. The molecule has 0 heterocycles. The Morgan fingerprint density at radius 3 is 1.90 bits per heavy atom. The fourth-order valence-corrected chi connectivity index (χ4v) is 2.39. The molecule has 0 amide bonds. The lowest BCUT2D eigenvalue weighted by Gasteiger charge is -1.98. The van der Waals surface area contributed by atoms with Crippen molar-refractivity contribution in [2.24, 2.45) is 28.9 Å². The van der Waals surface area contributed by atoms with Gasteiger partial charge in [-0.25, -0.2) is 0 Å². The average molecular weight is 139 g/mol. The first-order valence-corrected chi connectivity index (χ1v) is 4.30. The number of hydrogen-bond acceptors (Lipinski definition) is 1. The van der Waals surface area contributed by atoms with Gasteiger partial charge in [0.15, 0.2) is 0 Å². The summed E-state index contributed by atoms with van der Waals surface area (Å²) in [5.41, 5.74) is 6.42. The molecule has 2 fully saturated rings. The monoisotopic (exact) mass is 139 g/mol. The van der Waals surface area contributed by atoms with Crippen LogP contribution >= 0.6 is 0 Å². The summed E-state index contributed by atoms with van der Waals surface area (Å²) in [5, 5.41) is 0. The van der Waals surface area contributed by atoms with Gasteiger partial charge in [0.05, 0.1) is 0 Å². The molecule has 58 valence electrons. The van der Waals surface area contributed by atoms with Gasteiger partial charge >= 0.3 is 0 Å². The Morgan fingerprint density at radius 1 is 1.40 bits per heavy atom. The van der Waals surface area contributed by atoms with Crippen molar-refractivity contribution in [1.29, 1.82) is 0 Å². The van der Waals surface area contributed by atoms with E-state index in [0.29, 0.717) is 11.5 Å². The highest BCUT2D eigenvalue weighted by atomic mass is 14.9. The van der Waals surface area contributed by atoms with E-state index in [9.17, 15) is 0 Å². The van der Waals surface area contributed by atoms with Crippen LogP contribution in [0.4, 0.5) is 0 Å². The van der Waals surface area contributed by atoms with E-state index in [2.05, 4.69) is 20.8 Å². The zero-order valence-corrected chi connectivity index (χ0v) is 7.09. The Morgan fingerprint density at radius 2 is 1.80 bits per heavy atom. The molecule has 0 aromatic heterocycles. The predicted octanol–water partition coefficient (Wildman–Crippen LogP) is 1.63. The van der Waals surface area contributed by atoms with Crippen LogP contribution in [0, 0.1) is 23.2 Å². The van der Waals surface area contributed by atoms with Crippen LogP contribution in [0.2, 0.25) is 0 Å². The Balaban J connectivity index is 1.99. The van der Waals surface area contributed by atoms with E-state index in [-0.39, 0.29) is 0 Å². The molecule has 2 rings (SSSR count). The zero-order chi connectivity index (χ0) is 7.52. The quantitative estimate of drug-likeness (QED) is 0.587. The Kier molecular flexibility index (Phi) is 1.05. The van der Waals surface area contributed by atoms with Gasteiger partial charge in [-0.3, -0.25) is 0 Å². The van der Waals surface area contributed by atoms with Gasteiger partial charge in [0, 0.05) is 6.04 Å². The second-order valence-corrected chi connectivity index (χ2v) is 4.75.